The monoisotopic (exact) mass is 505 g/mol. The van der Waals surface area contributed by atoms with Gasteiger partial charge in [-0.15, -0.1) is 0 Å². The highest BCUT2D eigenvalue weighted by molar-refractivity contribution is 6.02. The molecule has 0 saturated carbocycles. The number of hydrazone groups is 1. The molecule has 1 atom stereocenters. The maximum absolute atomic E-state index is 13.0. The molecule has 0 aliphatic rings. The van der Waals surface area contributed by atoms with Crippen LogP contribution in [-0.2, 0) is 11.3 Å². The minimum absolute atomic E-state index is 0.136. The summed E-state index contributed by atoms with van der Waals surface area (Å²) in [4.78, 5) is 25.7. The molecular weight excluding hydrogens is 474 g/mol. The molecule has 0 aliphatic carbocycles. The Morgan fingerprint density at radius 3 is 2.39 bits per heavy atom. The van der Waals surface area contributed by atoms with Crippen molar-refractivity contribution in [2.24, 2.45) is 11.0 Å². The topological polar surface area (TPSA) is 99.3 Å². The van der Waals surface area contributed by atoms with Crippen molar-refractivity contribution < 1.29 is 9.59 Å². The number of nitrogens with one attached hydrogen (secondary N) is 2. The number of carbonyl (C=O) groups excluding carboxylic acids is 2. The third-order valence-corrected chi connectivity index (χ3v) is 6.66. The molecule has 0 spiro atoms. The van der Waals surface area contributed by atoms with Crippen molar-refractivity contribution >= 4 is 28.9 Å². The van der Waals surface area contributed by atoms with Crippen LogP contribution in [0.4, 0.5) is 0 Å². The van der Waals surface area contributed by atoms with Crippen molar-refractivity contribution in [1.29, 1.82) is 5.26 Å². The van der Waals surface area contributed by atoms with E-state index in [1.54, 1.807) is 18.3 Å². The quantitative estimate of drug-likeness (QED) is 0.258. The molecule has 0 bridgehead atoms. The van der Waals surface area contributed by atoms with Gasteiger partial charge in [0.1, 0.15) is 6.04 Å². The lowest BCUT2D eigenvalue weighted by Crippen LogP contribution is -2.48. The van der Waals surface area contributed by atoms with Crippen molar-refractivity contribution in [3.05, 3.63) is 106 Å². The highest BCUT2D eigenvalue weighted by atomic mass is 16.2. The van der Waals surface area contributed by atoms with Crippen LogP contribution in [0.5, 0.6) is 0 Å². The number of rotatable bonds is 8. The van der Waals surface area contributed by atoms with Crippen molar-refractivity contribution in [3.63, 3.8) is 0 Å². The van der Waals surface area contributed by atoms with E-state index >= 15 is 0 Å². The number of hydrogen-bond acceptors (Lipinski definition) is 4. The second kappa shape index (κ2) is 11.6. The smallest absolute Gasteiger partial charge is 0.262 e. The zero-order valence-corrected chi connectivity index (χ0v) is 22.0. The van der Waals surface area contributed by atoms with Crippen LogP contribution in [0, 0.1) is 31.1 Å². The normalized spacial score (nSPS) is 12.0. The van der Waals surface area contributed by atoms with Gasteiger partial charge in [-0.3, -0.25) is 9.59 Å². The lowest BCUT2D eigenvalue weighted by molar-refractivity contribution is -0.123. The lowest BCUT2D eigenvalue weighted by atomic mass is 10.0. The van der Waals surface area contributed by atoms with Crippen LogP contribution in [0.1, 0.15) is 52.2 Å². The van der Waals surface area contributed by atoms with Crippen molar-refractivity contribution in [1.82, 2.24) is 15.3 Å². The number of nitriles is 1. The largest absolute Gasteiger partial charge is 0.340 e. The van der Waals surface area contributed by atoms with E-state index in [4.69, 9.17) is 0 Å². The maximum Gasteiger partial charge on any atom is 0.262 e. The first-order chi connectivity index (χ1) is 18.3. The molecule has 0 fully saturated rings. The van der Waals surface area contributed by atoms with Crippen LogP contribution in [0.25, 0.3) is 10.9 Å². The van der Waals surface area contributed by atoms with Gasteiger partial charge in [-0.25, -0.2) is 5.43 Å². The zero-order chi connectivity index (χ0) is 27.2. The molecule has 3 aromatic carbocycles. The van der Waals surface area contributed by atoms with E-state index < -0.39 is 6.04 Å². The van der Waals surface area contributed by atoms with Crippen LogP contribution in [0.3, 0.4) is 0 Å². The second-order valence-electron chi connectivity index (χ2n) is 9.67. The highest BCUT2D eigenvalue weighted by Gasteiger charge is 2.24. The number of fused-ring (bicyclic) bond motifs is 1. The molecule has 1 aromatic heterocycles. The van der Waals surface area contributed by atoms with Gasteiger partial charge >= 0.3 is 0 Å². The molecule has 2 amide bonds. The number of aromatic nitrogens is 1. The van der Waals surface area contributed by atoms with E-state index in [0.717, 1.165) is 33.3 Å². The van der Waals surface area contributed by atoms with E-state index in [9.17, 15) is 14.9 Å². The fourth-order valence-corrected chi connectivity index (χ4v) is 4.46. The molecule has 1 unspecified atom stereocenters. The molecule has 0 saturated heterocycles. The number of amides is 2. The molecule has 7 nitrogen and oxygen atoms in total. The van der Waals surface area contributed by atoms with E-state index in [2.05, 4.69) is 26.5 Å². The number of hydrogen-bond donors (Lipinski definition) is 2. The molecule has 0 radical (unpaired) electrons. The first-order valence-corrected chi connectivity index (χ1v) is 12.6. The lowest BCUT2D eigenvalue weighted by Gasteiger charge is -2.20. The van der Waals surface area contributed by atoms with Crippen molar-refractivity contribution in [2.75, 3.05) is 0 Å². The van der Waals surface area contributed by atoms with Gasteiger partial charge in [0.15, 0.2) is 0 Å². The first-order valence-electron chi connectivity index (χ1n) is 12.6. The van der Waals surface area contributed by atoms with Crippen LogP contribution >= 0.6 is 0 Å². The summed E-state index contributed by atoms with van der Waals surface area (Å²) in [5.74, 6) is -0.830. The molecule has 7 heteroatoms. The fraction of sp³-hybridized carbons (Fsp3) is 0.226. The summed E-state index contributed by atoms with van der Waals surface area (Å²) in [5.41, 5.74) is 8.58. The van der Waals surface area contributed by atoms with Crippen LogP contribution in [0.15, 0.2) is 77.9 Å². The van der Waals surface area contributed by atoms with Gasteiger partial charge in [-0.1, -0.05) is 67.9 Å². The van der Waals surface area contributed by atoms with Gasteiger partial charge in [0, 0.05) is 34.3 Å². The Kier molecular flexibility index (Phi) is 8.03. The predicted molar refractivity (Wildman–Crippen MR) is 150 cm³/mol. The summed E-state index contributed by atoms with van der Waals surface area (Å²) in [6.45, 7) is 8.24. The molecule has 192 valence electrons. The summed E-state index contributed by atoms with van der Waals surface area (Å²) in [6.07, 6.45) is 1.64. The number of nitrogens with zero attached hydrogens (tertiary/aromatic N) is 3. The number of benzene rings is 3. The van der Waals surface area contributed by atoms with Crippen LogP contribution in [-0.4, -0.2) is 28.6 Å². The molecule has 4 rings (SSSR count). The minimum Gasteiger partial charge on any atom is -0.340 e. The van der Waals surface area contributed by atoms with Crippen molar-refractivity contribution in [3.8, 4) is 6.07 Å². The van der Waals surface area contributed by atoms with E-state index in [1.165, 1.54) is 0 Å². The van der Waals surface area contributed by atoms with Crippen LogP contribution < -0.4 is 10.7 Å². The van der Waals surface area contributed by atoms with Gasteiger partial charge < -0.3 is 9.88 Å². The van der Waals surface area contributed by atoms with Crippen LogP contribution in [0.2, 0.25) is 0 Å². The number of aryl methyl sites for hydroxylation is 1. The number of para-hydroxylation sites is 1. The Balaban J connectivity index is 1.55. The Labute approximate surface area is 222 Å². The van der Waals surface area contributed by atoms with Crippen molar-refractivity contribution in [2.45, 2.75) is 40.3 Å². The summed E-state index contributed by atoms with van der Waals surface area (Å²) in [5, 5.41) is 17.6. The Morgan fingerprint density at radius 1 is 1.00 bits per heavy atom. The second-order valence-corrected chi connectivity index (χ2v) is 9.67. The highest BCUT2D eigenvalue weighted by Crippen LogP contribution is 2.26. The molecule has 1 heterocycles. The molecular formula is C31H31N5O2. The van der Waals surface area contributed by atoms with E-state index in [0.29, 0.717) is 17.7 Å². The fourth-order valence-electron chi connectivity index (χ4n) is 4.46. The SMILES string of the molecule is Cc1ccc(C(=O)NC(C(=O)N/N=C\c2c(C)n(Cc3ccccc3C#N)c3ccccc23)C(C)C)cc1. The van der Waals surface area contributed by atoms with Gasteiger partial charge in [0.05, 0.1) is 17.8 Å². The standard InChI is InChI=1S/C31H31N5O2/c1-20(2)29(34-30(37)23-15-13-21(3)14-16-23)31(38)35-33-18-27-22(4)36(28-12-8-7-11-26(27)28)19-25-10-6-5-9-24(25)17-32/h5-16,18,20,29H,19H2,1-4H3,(H,34,37)(H,35,38)/b33-18-. The maximum atomic E-state index is 13.0. The summed E-state index contributed by atoms with van der Waals surface area (Å²) in [7, 11) is 0. The Hall–Kier alpha value is -4.70. The molecule has 2 N–H and O–H groups in total. The predicted octanol–water partition coefficient (Wildman–Crippen LogP) is 5.08. The molecule has 4 aromatic rings. The van der Waals surface area contributed by atoms with E-state index in [1.807, 2.05) is 88.4 Å². The van der Waals surface area contributed by atoms with Gasteiger partial charge in [0.25, 0.3) is 11.8 Å². The third kappa shape index (κ3) is 5.65. The Bertz CT molecular complexity index is 1540. The van der Waals surface area contributed by atoms with Gasteiger partial charge in [0.2, 0.25) is 0 Å². The molecule has 0 aliphatic heterocycles. The van der Waals surface area contributed by atoms with Gasteiger partial charge in [-0.2, -0.15) is 10.4 Å². The van der Waals surface area contributed by atoms with E-state index in [-0.39, 0.29) is 17.7 Å². The minimum atomic E-state index is -0.745. The molecule has 38 heavy (non-hydrogen) atoms. The number of carbonyl (C=O) groups is 2. The average molecular weight is 506 g/mol. The average Bonchev–Trinajstić information content (AvgIpc) is 3.18. The van der Waals surface area contributed by atoms with Gasteiger partial charge in [-0.05, 0) is 49.6 Å². The summed E-state index contributed by atoms with van der Waals surface area (Å²) >= 11 is 0. The third-order valence-electron chi connectivity index (χ3n) is 6.66. The Morgan fingerprint density at radius 2 is 1.68 bits per heavy atom. The zero-order valence-electron chi connectivity index (χ0n) is 22.0. The summed E-state index contributed by atoms with van der Waals surface area (Å²) in [6, 6.07) is 24.3. The summed E-state index contributed by atoms with van der Waals surface area (Å²) < 4.78 is 2.15. The first kappa shape index (κ1) is 26.4.